The molecule has 0 saturated heterocycles. The predicted octanol–water partition coefficient (Wildman–Crippen LogP) is 5.83. The molecule has 5 heteroatoms. The first-order chi connectivity index (χ1) is 9.52. The Bertz CT molecular complexity index is 305. The third kappa shape index (κ3) is 12.7. The fraction of sp³-hybridized carbons (Fsp3) is 1.00. The Kier molecular flexibility index (Phi) is 7.85. The standard InChI is InChI=1S/C17H35ClO4/c1-13(11-14(2,3)4)12-17(18,21-19-15(5,6)7)22-20-16(8,9)10/h13H,11-12H2,1-10H3. The van der Waals surface area contributed by atoms with Crippen LogP contribution in [0.25, 0.3) is 0 Å². The highest BCUT2D eigenvalue weighted by Crippen LogP contribution is 2.35. The zero-order chi connectivity index (χ0) is 17.8. The summed E-state index contributed by atoms with van der Waals surface area (Å²) >= 11 is 6.48. The third-order valence-electron chi connectivity index (χ3n) is 2.39. The van der Waals surface area contributed by atoms with Gasteiger partial charge in [-0.25, -0.2) is 9.78 Å². The van der Waals surface area contributed by atoms with E-state index >= 15 is 0 Å². The van der Waals surface area contributed by atoms with Gasteiger partial charge in [0, 0.05) is 6.42 Å². The largest absolute Gasteiger partial charge is 0.307 e. The second-order valence-electron chi connectivity index (χ2n) is 9.29. The van der Waals surface area contributed by atoms with E-state index < -0.39 is 16.4 Å². The van der Waals surface area contributed by atoms with Gasteiger partial charge in [0.2, 0.25) is 0 Å². The topological polar surface area (TPSA) is 36.9 Å². The summed E-state index contributed by atoms with van der Waals surface area (Å²) in [6.45, 7) is 20.0. The molecule has 0 amide bonds. The molecule has 0 aliphatic heterocycles. The van der Waals surface area contributed by atoms with E-state index in [2.05, 4.69) is 27.7 Å². The fourth-order valence-corrected chi connectivity index (χ4v) is 2.32. The van der Waals surface area contributed by atoms with Crippen molar-refractivity contribution in [1.29, 1.82) is 0 Å². The van der Waals surface area contributed by atoms with Gasteiger partial charge in [0.25, 0.3) is 0 Å². The van der Waals surface area contributed by atoms with Gasteiger partial charge in [-0.3, -0.25) is 0 Å². The van der Waals surface area contributed by atoms with E-state index in [1.807, 2.05) is 41.5 Å². The second kappa shape index (κ2) is 7.80. The van der Waals surface area contributed by atoms with E-state index in [1.54, 1.807) is 0 Å². The molecule has 0 aromatic carbocycles. The van der Waals surface area contributed by atoms with Crippen LogP contribution >= 0.6 is 11.6 Å². The minimum absolute atomic E-state index is 0.201. The first-order valence-electron chi connectivity index (χ1n) is 7.94. The molecule has 0 spiro atoms. The Morgan fingerprint density at radius 2 is 1.05 bits per heavy atom. The summed E-state index contributed by atoms with van der Waals surface area (Å²) < 4.78 is 0. The number of halogens is 1. The molecule has 134 valence electrons. The number of hydrogen-bond donors (Lipinski definition) is 0. The third-order valence-corrected chi connectivity index (χ3v) is 2.67. The molecule has 0 saturated carbocycles. The maximum absolute atomic E-state index is 6.48. The van der Waals surface area contributed by atoms with Gasteiger partial charge in [0.1, 0.15) is 0 Å². The van der Waals surface area contributed by atoms with E-state index in [9.17, 15) is 0 Å². The predicted molar refractivity (Wildman–Crippen MR) is 90.3 cm³/mol. The van der Waals surface area contributed by atoms with Crippen molar-refractivity contribution in [3.63, 3.8) is 0 Å². The van der Waals surface area contributed by atoms with Gasteiger partial charge in [-0.2, -0.15) is 9.78 Å². The van der Waals surface area contributed by atoms with Crippen molar-refractivity contribution < 1.29 is 19.6 Å². The van der Waals surface area contributed by atoms with E-state index in [-0.39, 0.29) is 11.3 Å². The minimum Gasteiger partial charge on any atom is -0.227 e. The molecular formula is C17H35ClO4. The Hall–Kier alpha value is 0.130. The molecule has 0 radical (unpaired) electrons. The van der Waals surface area contributed by atoms with E-state index in [1.165, 1.54) is 0 Å². The summed E-state index contributed by atoms with van der Waals surface area (Å²) in [5.41, 5.74) is -0.774. The monoisotopic (exact) mass is 338 g/mol. The van der Waals surface area contributed by atoms with Crippen LogP contribution < -0.4 is 0 Å². The average molecular weight is 339 g/mol. The van der Waals surface area contributed by atoms with Crippen LogP contribution in [-0.4, -0.2) is 16.4 Å². The van der Waals surface area contributed by atoms with Crippen molar-refractivity contribution in [1.82, 2.24) is 0 Å². The van der Waals surface area contributed by atoms with Gasteiger partial charge >= 0.3 is 5.25 Å². The molecule has 0 aliphatic carbocycles. The highest BCUT2D eigenvalue weighted by molar-refractivity contribution is 6.21. The van der Waals surface area contributed by atoms with Crippen LogP contribution in [0, 0.1) is 11.3 Å². The second-order valence-corrected chi connectivity index (χ2v) is 9.87. The molecule has 0 N–H and O–H groups in total. The molecule has 0 fully saturated rings. The smallest absolute Gasteiger partial charge is 0.227 e. The summed E-state index contributed by atoms with van der Waals surface area (Å²) in [6, 6.07) is 0. The van der Waals surface area contributed by atoms with Crippen LogP contribution in [0.3, 0.4) is 0 Å². The van der Waals surface area contributed by atoms with E-state index in [0.717, 1.165) is 6.42 Å². The average Bonchev–Trinajstić information content (AvgIpc) is 2.19. The van der Waals surface area contributed by atoms with E-state index in [0.29, 0.717) is 6.42 Å². The highest BCUT2D eigenvalue weighted by atomic mass is 35.5. The summed E-state index contributed by atoms with van der Waals surface area (Å²) in [4.78, 5) is 21.5. The lowest BCUT2D eigenvalue weighted by Crippen LogP contribution is -2.38. The van der Waals surface area contributed by atoms with Crippen LogP contribution in [0.4, 0.5) is 0 Å². The van der Waals surface area contributed by atoms with Crippen molar-refractivity contribution in [2.45, 2.75) is 98.5 Å². The minimum atomic E-state index is -1.47. The summed E-state index contributed by atoms with van der Waals surface area (Å²) in [6.07, 6.45) is 1.44. The summed E-state index contributed by atoms with van der Waals surface area (Å²) in [7, 11) is 0. The van der Waals surface area contributed by atoms with Gasteiger partial charge in [-0.05, 0) is 59.3 Å². The fourth-order valence-electron chi connectivity index (χ4n) is 1.99. The molecule has 0 heterocycles. The molecular weight excluding hydrogens is 304 g/mol. The first kappa shape index (κ1) is 22.1. The Balaban J connectivity index is 4.83. The number of hydrogen-bond acceptors (Lipinski definition) is 4. The number of alkyl halides is 1. The Labute approximate surface area is 141 Å². The molecule has 1 unspecified atom stereocenters. The maximum atomic E-state index is 6.48. The molecule has 0 aromatic rings. The highest BCUT2D eigenvalue weighted by Gasteiger charge is 2.38. The zero-order valence-corrected chi connectivity index (χ0v) is 16.8. The lowest BCUT2D eigenvalue weighted by atomic mass is 9.84. The molecule has 0 rings (SSSR count). The molecule has 0 bridgehead atoms. The van der Waals surface area contributed by atoms with Crippen LogP contribution in [0.1, 0.15) is 82.1 Å². The van der Waals surface area contributed by atoms with Crippen molar-refractivity contribution >= 4 is 11.6 Å². The van der Waals surface area contributed by atoms with E-state index in [4.69, 9.17) is 31.2 Å². The van der Waals surface area contributed by atoms with Crippen LogP contribution in [0.2, 0.25) is 0 Å². The summed E-state index contributed by atoms with van der Waals surface area (Å²) in [5.74, 6) is 0.282. The Morgan fingerprint density at radius 3 is 1.32 bits per heavy atom. The van der Waals surface area contributed by atoms with Crippen LogP contribution in [0.5, 0.6) is 0 Å². The van der Waals surface area contributed by atoms with Crippen LogP contribution in [-0.2, 0) is 19.6 Å². The van der Waals surface area contributed by atoms with Gasteiger partial charge in [-0.15, -0.1) is 0 Å². The zero-order valence-electron chi connectivity index (χ0n) is 16.0. The number of rotatable bonds is 7. The van der Waals surface area contributed by atoms with Gasteiger partial charge in [0.15, 0.2) is 0 Å². The first-order valence-corrected chi connectivity index (χ1v) is 8.32. The van der Waals surface area contributed by atoms with Crippen molar-refractivity contribution in [3.8, 4) is 0 Å². The normalized spacial score (nSPS) is 16.0. The molecule has 1 atom stereocenters. The van der Waals surface area contributed by atoms with Crippen molar-refractivity contribution in [2.24, 2.45) is 11.3 Å². The van der Waals surface area contributed by atoms with Crippen LogP contribution in [0.15, 0.2) is 0 Å². The van der Waals surface area contributed by atoms with Crippen molar-refractivity contribution in [2.75, 3.05) is 0 Å². The van der Waals surface area contributed by atoms with Gasteiger partial charge in [0.05, 0.1) is 11.2 Å². The quantitative estimate of drug-likeness (QED) is 0.253. The molecule has 22 heavy (non-hydrogen) atoms. The lowest BCUT2D eigenvalue weighted by molar-refractivity contribution is -0.517. The molecule has 0 aromatic heterocycles. The SMILES string of the molecule is CC(CC(C)(C)C)CC(Cl)(OOC(C)(C)C)OOC(C)(C)C. The molecule has 0 aliphatic rings. The Morgan fingerprint density at radius 1 is 0.682 bits per heavy atom. The summed E-state index contributed by atoms with van der Waals surface area (Å²) in [5, 5.41) is -1.47. The molecule has 4 nitrogen and oxygen atoms in total. The van der Waals surface area contributed by atoms with Gasteiger partial charge < -0.3 is 0 Å². The lowest BCUT2D eigenvalue weighted by Gasteiger charge is -2.33. The van der Waals surface area contributed by atoms with Gasteiger partial charge in [-0.1, -0.05) is 39.3 Å². The maximum Gasteiger partial charge on any atom is 0.307 e. The van der Waals surface area contributed by atoms with Crippen molar-refractivity contribution in [3.05, 3.63) is 0 Å².